The molecule has 20 heavy (non-hydrogen) atoms. The second-order valence-electron chi connectivity index (χ2n) is 5.34. The first-order chi connectivity index (χ1) is 9.77. The van der Waals surface area contributed by atoms with Crippen molar-refractivity contribution in [2.24, 2.45) is 0 Å². The van der Waals surface area contributed by atoms with Gasteiger partial charge in [0.15, 0.2) is 0 Å². The van der Waals surface area contributed by atoms with E-state index in [0.29, 0.717) is 0 Å². The molecule has 0 aromatic heterocycles. The SMILES string of the molecule is CCCCCCC(I)(c1ccccc1)c1ccccc1. The van der Waals surface area contributed by atoms with Crippen LogP contribution in [0.5, 0.6) is 0 Å². The Morgan fingerprint density at radius 1 is 0.750 bits per heavy atom. The maximum absolute atomic E-state index is 2.66. The summed E-state index contributed by atoms with van der Waals surface area (Å²) in [6.07, 6.45) is 6.48. The van der Waals surface area contributed by atoms with Crippen LogP contribution in [-0.2, 0) is 3.42 Å². The van der Waals surface area contributed by atoms with Crippen LogP contribution in [0, 0.1) is 0 Å². The molecule has 0 nitrogen and oxygen atoms in total. The first-order valence-electron chi connectivity index (χ1n) is 7.57. The van der Waals surface area contributed by atoms with Gasteiger partial charge in [-0.05, 0) is 17.5 Å². The number of unbranched alkanes of at least 4 members (excludes halogenated alkanes) is 3. The van der Waals surface area contributed by atoms with Crippen molar-refractivity contribution in [1.82, 2.24) is 0 Å². The van der Waals surface area contributed by atoms with Gasteiger partial charge in [-0.3, -0.25) is 0 Å². The van der Waals surface area contributed by atoms with Crippen molar-refractivity contribution in [3.05, 3.63) is 71.8 Å². The van der Waals surface area contributed by atoms with Crippen molar-refractivity contribution in [2.45, 2.75) is 42.4 Å². The summed E-state index contributed by atoms with van der Waals surface area (Å²) in [5.74, 6) is 0. The Kier molecular flexibility index (Phi) is 6.08. The maximum Gasteiger partial charge on any atom is 0.0718 e. The average Bonchev–Trinajstić information content (AvgIpc) is 2.53. The fourth-order valence-electron chi connectivity index (χ4n) is 2.66. The Balaban J connectivity index is 2.24. The van der Waals surface area contributed by atoms with Gasteiger partial charge in [-0.15, -0.1) is 0 Å². The van der Waals surface area contributed by atoms with Crippen molar-refractivity contribution in [3.8, 4) is 0 Å². The van der Waals surface area contributed by atoms with E-state index in [1.165, 1.54) is 43.2 Å². The second-order valence-corrected chi connectivity index (χ2v) is 7.19. The van der Waals surface area contributed by atoms with E-state index in [1.54, 1.807) is 0 Å². The summed E-state index contributed by atoms with van der Waals surface area (Å²) in [5, 5.41) is 0. The average molecular weight is 378 g/mol. The Hall–Kier alpha value is -0.830. The molecule has 106 valence electrons. The fraction of sp³-hybridized carbons (Fsp3) is 0.368. The molecule has 2 rings (SSSR count). The lowest BCUT2D eigenvalue weighted by molar-refractivity contribution is 0.584. The smallest absolute Gasteiger partial charge is 0.0684 e. The highest BCUT2D eigenvalue weighted by Crippen LogP contribution is 2.43. The third-order valence-electron chi connectivity index (χ3n) is 3.84. The van der Waals surface area contributed by atoms with Gasteiger partial charge in [0, 0.05) is 0 Å². The summed E-state index contributed by atoms with van der Waals surface area (Å²) in [6.45, 7) is 2.27. The van der Waals surface area contributed by atoms with Gasteiger partial charge in [0.1, 0.15) is 0 Å². The zero-order chi connectivity index (χ0) is 14.3. The monoisotopic (exact) mass is 378 g/mol. The molecule has 1 heteroatoms. The molecule has 0 atom stereocenters. The van der Waals surface area contributed by atoms with E-state index >= 15 is 0 Å². The van der Waals surface area contributed by atoms with Gasteiger partial charge in [-0.1, -0.05) is 116 Å². The van der Waals surface area contributed by atoms with Crippen LogP contribution in [0.2, 0.25) is 0 Å². The molecule has 0 saturated heterocycles. The molecule has 0 unspecified atom stereocenters. The molecular weight excluding hydrogens is 355 g/mol. The van der Waals surface area contributed by atoms with Crippen LogP contribution in [0.25, 0.3) is 0 Å². The van der Waals surface area contributed by atoms with Crippen molar-refractivity contribution in [2.75, 3.05) is 0 Å². The Morgan fingerprint density at radius 3 is 1.70 bits per heavy atom. The molecular formula is C19H23I. The summed E-state index contributed by atoms with van der Waals surface area (Å²) < 4.78 is 0.105. The minimum absolute atomic E-state index is 0.105. The van der Waals surface area contributed by atoms with Crippen molar-refractivity contribution in [1.29, 1.82) is 0 Å². The van der Waals surface area contributed by atoms with E-state index in [-0.39, 0.29) is 3.42 Å². The third kappa shape index (κ3) is 3.85. The maximum atomic E-state index is 2.66. The number of alkyl halides is 1. The first-order valence-corrected chi connectivity index (χ1v) is 8.65. The molecule has 0 amide bonds. The first kappa shape index (κ1) is 15.6. The molecule has 2 aromatic rings. The molecule has 0 N–H and O–H groups in total. The van der Waals surface area contributed by atoms with Crippen LogP contribution in [0.15, 0.2) is 60.7 Å². The van der Waals surface area contributed by atoms with Crippen LogP contribution in [0.1, 0.15) is 50.2 Å². The van der Waals surface area contributed by atoms with E-state index in [4.69, 9.17) is 0 Å². The van der Waals surface area contributed by atoms with Gasteiger partial charge < -0.3 is 0 Å². The molecule has 2 aromatic carbocycles. The van der Waals surface area contributed by atoms with E-state index in [2.05, 4.69) is 90.2 Å². The van der Waals surface area contributed by atoms with Gasteiger partial charge in [-0.2, -0.15) is 0 Å². The van der Waals surface area contributed by atoms with Crippen molar-refractivity contribution >= 4 is 22.6 Å². The largest absolute Gasteiger partial charge is 0.0718 e. The Bertz CT molecular complexity index is 450. The van der Waals surface area contributed by atoms with Crippen LogP contribution in [0.4, 0.5) is 0 Å². The molecule has 0 aliphatic rings. The Morgan fingerprint density at radius 2 is 1.25 bits per heavy atom. The zero-order valence-corrected chi connectivity index (χ0v) is 14.3. The van der Waals surface area contributed by atoms with E-state index < -0.39 is 0 Å². The number of halogens is 1. The fourth-order valence-corrected chi connectivity index (χ4v) is 3.76. The molecule has 0 heterocycles. The van der Waals surface area contributed by atoms with Gasteiger partial charge in [0.25, 0.3) is 0 Å². The molecule has 0 radical (unpaired) electrons. The van der Waals surface area contributed by atoms with Crippen molar-refractivity contribution in [3.63, 3.8) is 0 Å². The lowest BCUT2D eigenvalue weighted by Crippen LogP contribution is -2.19. The predicted octanol–water partition coefficient (Wildman–Crippen LogP) is 6.34. The summed E-state index contributed by atoms with van der Waals surface area (Å²) in [7, 11) is 0. The number of hydrogen-bond donors (Lipinski definition) is 0. The lowest BCUT2D eigenvalue weighted by Gasteiger charge is -2.29. The van der Waals surface area contributed by atoms with E-state index in [0.717, 1.165) is 0 Å². The summed E-state index contributed by atoms with van der Waals surface area (Å²) >= 11 is 2.66. The predicted molar refractivity (Wildman–Crippen MR) is 96.4 cm³/mol. The minimum atomic E-state index is 0.105. The molecule has 0 aliphatic heterocycles. The highest BCUT2D eigenvalue weighted by atomic mass is 127. The summed E-state index contributed by atoms with van der Waals surface area (Å²) in [6, 6.07) is 21.9. The summed E-state index contributed by atoms with van der Waals surface area (Å²) in [4.78, 5) is 0. The quantitative estimate of drug-likeness (QED) is 0.300. The molecule has 0 aliphatic carbocycles. The standard InChI is InChI=1S/C19H23I/c1-2-3-4-11-16-19(20,17-12-7-5-8-13-17)18-14-9-6-10-15-18/h5-10,12-15H,2-4,11,16H2,1H3. The number of benzene rings is 2. The number of hydrogen-bond acceptors (Lipinski definition) is 0. The topological polar surface area (TPSA) is 0 Å². The van der Waals surface area contributed by atoms with Gasteiger partial charge >= 0.3 is 0 Å². The molecule has 0 fully saturated rings. The molecule has 0 spiro atoms. The van der Waals surface area contributed by atoms with Crippen LogP contribution < -0.4 is 0 Å². The van der Waals surface area contributed by atoms with Gasteiger partial charge in [0.2, 0.25) is 0 Å². The zero-order valence-electron chi connectivity index (χ0n) is 12.2. The van der Waals surface area contributed by atoms with Crippen molar-refractivity contribution < 1.29 is 0 Å². The minimum Gasteiger partial charge on any atom is -0.0684 e. The Labute approximate surface area is 136 Å². The van der Waals surface area contributed by atoms with Gasteiger partial charge in [0.05, 0.1) is 3.42 Å². The summed E-state index contributed by atoms with van der Waals surface area (Å²) in [5.41, 5.74) is 2.84. The second kappa shape index (κ2) is 7.82. The molecule has 0 bridgehead atoms. The van der Waals surface area contributed by atoms with Crippen LogP contribution >= 0.6 is 22.6 Å². The van der Waals surface area contributed by atoms with Crippen LogP contribution in [0.3, 0.4) is 0 Å². The van der Waals surface area contributed by atoms with E-state index in [9.17, 15) is 0 Å². The number of rotatable bonds is 7. The lowest BCUT2D eigenvalue weighted by atomic mass is 9.86. The highest BCUT2D eigenvalue weighted by Gasteiger charge is 2.29. The highest BCUT2D eigenvalue weighted by molar-refractivity contribution is 14.1. The van der Waals surface area contributed by atoms with Crippen LogP contribution in [-0.4, -0.2) is 0 Å². The normalized spacial score (nSPS) is 11.5. The van der Waals surface area contributed by atoms with E-state index in [1.807, 2.05) is 0 Å². The molecule has 0 saturated carbocycles. The third-order valence-corrected chi connectivity index (χ3v) is 5.62. The van der Waals surface area contributed by atoms with Gasteiger partial charge in [-0.25, -0.2) is 0 Å².